The summed E-state index contributed by atoms with van der Waals surface area (Å²) in [6.07, 6.45) is 0.0732. The number of piperazine rings is 1. The van der Waals surface area contributed by atoms with Crippen LogP contribution in [0.2, 0.25) is 0 Å². The summed E-state index contributed by atoms with van der Waals surface area (Å²) in [6.45, 7) is 6.02. The van der Waals surface area contributed by atoms with Crippen molar-refractivity contribution in [3.05, 3.63) is 29.3 Å². The van der Waals surface area contributed by atoms with Crippen LogP contribution >= 0.6 is 22.7 Å². The topological polar surface area (TPSA) is 117 Å². The van der Waals surface area contributed by atoms with E-state index in [2.05, 4.69) is 20.6 Å². The number of nitrogens with zero attached hydrogens (tertiary/aromatic N) is 4. The van der Waals surface area contributed by atoms with Crippen LogP contribution in [0.25, 0.3) is 10.2 Å². The van der Waals surface area contributed by atoms with Crippen molar-refractivity contribution < 1.29 is 19.1 Å². The summed E-state index contributed by atoms with van der Waals surface area (Å²) in [5, 5.41) is 8.27. The number of nitrogens with one attached hydrogen (secondary N) is 2. The summed E-state index contributed by atoms with van der Waals surface area (Å²) < 4.78 is 6.43. The second-order valence-corrected chi connectivity index (χ2v) is 9.26. The third-order valence-corrected chi connectivity index (χ3v) is 6.78. The molecule has 4 rings (SSSR count). The standard InChI is InChI=1S/C21H24N6O4S2/c1-3-31-15-4-5-16-17(11-15)33-20(23-16)24-18(29)10-14-12-32-19(22-14)25-21(30)27-8-6-26(7-9-27)13(2)28/h4-5,11-12H,3,6-10H2,1-2H3,(H,22,25,30)(H,23,24,29). The van der Waals surface area contributed by atoms with E-state index < -0.39 is 0 Å². The number of thiazole rings is 2. The molecule has 3 aromatic rings. The Balaban J connectivity index is 1.29. The van der Waals surface area contributed by atoms with Gasteiger partial charge in [0.2, 0.25) is 11.8 Å². The predicted octanol–water partition coefficient (Wildman–Crippen LogP) is 3.03. The van der Waals surface area contributed by atoms with Crippen LogP contribution in [0.5, 0.6) is 5.75 Å². The summed E-state index contributed by atoms with van der Waals surface area (Å²) in [5.41, 5.74) is 1.36. The molecular formula is C21H24N6O4S2. The monoisotopic (exact) mass is 488 g/mol. The molecule has 1 aliphatic heterocycles. The number of fused-ring (bicyclic) bond motifs is 1. The molecule has 1 fully saturated rings. The first kappa shape index (κ1) is 22.9. The van der Waals surface area contributed by atoms with Crippen molar-refractivity contribution in [2.24, 2.45) is 0 Å². The highest BCUT2D eigenvalue weighted by Gasteiger charge is 2.23. The minimum atomic E-state index is -0.260. The zero-order chi connectivity index (χ0) is 23.4. The first-order chi connectivity index (χ1) is 15.9. The average molecular weight is 489 g/mol. The molecule has 12 heteroatoms. The van der Waals surface area contributed by atoms with E-state index in [-0.39, 0.29) is 24.3 Å². The highest BCUT2D eigenvalue weighted by atomic mass is 32.1. The lowest BCUT2D eigenvalue weighted by Crippen LogP contribution is -2.51. The Bertz CT molecular complexity index is 1170. The average Bonchev–Trinajstić information content (AvgIpc) is 3.39. The minimum absolute atomic E-state index is 0.0130. The first-order valence-corrected chi connectivity index (χ1v) is 12.2. The highest BCUT2D eigenvalue weighted by Crippen LogP contribution is 2.29. The van der Waals surface area contributed by atoms with Gasteiger partial charge in [0.15, 0.2) is 10.3 Å². The van der Waals surface area contributed by atoms with Gasteiger partial charge in [0.25, 0.3) is 0 Å². The van der Waals surface area contributed by atoms with Crippen LogP contribution in [-0.2, 0) is 16.0 Å². The van der Waals surface area contributed by atoms with E-state index in [9.17, 15) is 14.4 Å². The van der Waals surface area contributed by atoms with Gasteiger partial charge in [0.1, 0.15) is 5.75 Å². The molecule has 0 saturated carbocycles. The van der Waals surface area contributed by atoms with Gasteiger partial charge in [-0.2, -0.15) is 0 Å². The Hall–Kier alpha value is -3.25. The summed E-state index contributed by atoms with van der Waals surface area (Å²) >= 11 is 2.64. The fourth-order valence-corrected chi connectivity index (χ4v) is 4.99. The molecular weight excluding hydrogens is 464 g/mol. The molecule has 0 bridgehead atoms. The van der Waals surface area contributed by atoms with E-state index in [0.717, 1.165) is 16.0 Å². The molecule has 3 heterocycles. The number of benzene rings is 1. The van der Waals surface area contributed by atoms with Crippen molar-refractivity contribution >= 4 is 61.0 Å². The number of hydrogen-bond acceptors (Lipinski definition) is 8. The smallest absolute Gasteiger partial charge is 0.323 e. The van der Waals surface area contributed by atoms with E-state index in [1.807, 2.05) is 25.1 Å². The van der Waals surface area contributed by atoms with Crippen LogP contribution in [0.1, 0.15) is 19.5 Å². The third kappa shape index (κ3) is 5.76. The molecule has 0 aliphatic carbocycles. The second-order valence-electron chi connectivity index (χ2n) is 7.37. The molecule has 1 saturated heterocycles. The van der Waals surface area contributed by atoms with Crippen LogP contribution in [0.3, 0.4) is 0 Å². The number of aromatic nitrogens is 2. The Labute approximate surface area is 198 Å². The zero-order valence-electron chi connectivity index (χ0n) is 18.3. The van der Waals surface area contributed by atoms with E-state index in [0.29, 0.717) is 48.7 Å². The minimum Gasteiger partial charge on any atom is -0.494 e. The lowest BCUT2D eigenvalue weighted by atomic mass is 10.3. The Morgan fingerprint density at radius 3 is 2.55 bits per heavy atom. The van der Waals surface area contributed by atoms with Crippen molar-refractivity contribution in [1.29, 1.82) is 0 Å². The number of hydrogen-bond donors (Lipinski definition) is 2. The van der Waals surface area contributed by atoms with Gasteiger partial charge in [-0.15, -0.1) is 11.3 Å². The molecule has 33 heavy (non-hydrogen) atoms. The highest BCUT2D eigenvalue weighted by molar-refractivity contribution is 7.22. The number of amides is 4. The van der Waals surface area contributed by atoms with E-state index in [1.54, 1.807) is 15.2 Å². The Morgan fingerprint density at radius 2 is 1.82 bits per heavy atom. The summed E-state index contributed by atoms with van der Waals surface area (Å²) in [6, 6.07) is 5.36. The van der Waals surface area contributed by atoms with Crippen molar-refractivity contribution in [3.8, 4) is 5.75 Å². The van der Waals surface area contributed by atoms with Gasteiger partial charge in [-0.05, 0) is 25.1 Å². The fourth-order valence-electron chi connectivity index (χ4n) is 3.38. The molecule has 174 valence electrons. The van der Waals surface area contributed by atoms with Crippen LogP contribution in [0.4, 0.5) is 15.1 Å². The lowest BCUT2D eigenvalue weighted by molar-refractivity contribution is -0.130. The molecule has 2 aromatic heterocycles. The van der Waals surface area contributed by atoms with Crippen LogP contribution < -0.4 is 15.4 Å². The van der Waals surface area contributed by atoms with Gasteiger partial charge < -0.3 is 19.9 Å². The van der Waals surface area contributed by atoms with Gasteiger partial charge in [0.05, 0.1) is 28.9 Å². The molecule has 10 nitrogen and oxygen atoms in total. The number of urea groups is 1. The van der Waals surface area contributed by atoms with Gasteiger partial charge >= 0.3 is 6.03 Å². The molecule has 4 amide bonds. The van der Waals surface area contributed by atoms with Crippen molar-refractivity contribution in [3.63, 3.8) is 0 Å². The lowest BCUT2D eigenvalue weighted by Gasteiger charge is -2.33. The number of carbonyl (C=O) groups excluding carboxylic acids is 3. The van der Waals surface area contributed by atoms with Gasteiger partial charge in [0, 0.05) is 38.5 Å². The summed E-state index contributed by atoms with van der Waals surface area (Å²) in [5.74, 6) is 0.547. The molecule has 1 aliphatic rings. The van der Waals surface area contributed by atoms with Crippen molar-refractivity contribution in [1.82, 2.24) is 19.8 Å². The predicted molar refractivity (Wildman–Crippen MR) is 128 cm³/mol. The molecule has 0 unspecified atom stereocenters. The van der Waals surface area contributed by atoms with Gasteiger partial charge in [-0.3, -0.25) is 14.9 Å². The third-order valence-electron chi connectivity index (χ3n) is 5.04. The first-order valence-electron chi connectivity index (χ1n) is 10.5. The largest absolute Gasteiger partial charge is 0.494 e. The number of rotatable bonds is 6. The molecule has 1 aromatic carbocycles. The Morgan fingerprint density at radius 1 is 1.06 bits per heavy atom. The van der Waals surface area contributed by atoms with Crippen LogP contribution in [0.15, 0.2) is 23.6 Å². The van der Waals surface area contributed by atoms with Crippen LogP contribution in [-0.4, -0.2) is 70.4 Å². The van der Waals surface area contributed by atoms with Gasteiger partial charge in [-0.1, -0.05) is 11.3 Å². The van der Waals surface area contributed by atoms with E-state index in [1.165, 1.54) is 29.6 Å². The fraction of sp³-hybridized carbons (Fsp3) is 0.381. The van der Waals surface area contributed by atoms with Crippen LogP contribution in [0, 0.1) is 0 Å². The number of carbonyl (C=O) groups is 3. The van der Waals surface area contributed by atoms with Crippen molar-refractivity contribution in [2.75, 3.05) is 43.4 Å². The SMILES string of the molecule is CCOc1ccc2nc(NC(=O)Cc3csc(NC(=O)N4CCN(C(C)=O)CC4)n3)sc2c1. The quantitative estimate of drug-likeness (QED) is 0.551. The zero-order valence-corrected chi connectivity index (χ0v) is 19.9. The second kappa shape index (κ2) is 10.1. The molecule has 0 atom stereocenters. The molecule has 0 spiro atoms. The number of anilines is 2. The molecule has 0 radical (unpaired) electrons. The van der Waals surface area contributed by atoms with E-state index >= 15 is 0 Å². The van der Waals surface area contributed by atoms with E-state index in [4.69, 9.17) is 4.74 Å². The van der Waals surface area contributed by atoms with Crippen molar-refractivity contribution in [2.45, 2.75) is 20.3 Å². The normalized spacial score (nSPS) is 13.8. The molecule has 2 N–H and O–H groups in total. The number of ether oxygens (including phenoxy) is 1. The Kier molecular flexibility index (Phi) is 7.04. The summed E-state index contributed by atoms with van der Waals surface area (Å²) in [4.78, 5) is 48.5. The van der Waals surface area contributed by atoms with Gasteiger partial charge in [-0.25, -0.2) is 14.8 Å². The summed E-state index contributed by atoms with van der Waals surface area (Å²) in [7, 11) is 0. The maximum atomic E-state index is 12.5. The maximum absolute atomic E-state index is 12.5. The maximum Gasteiger partial charge on any atom is 0.323 e.